The van der Waals surface area contributed by atoms with Gasteiger partial charge >= 0.3 is 0 Å². The second kappa shape index (κ2) is 6.61. The Hall–Kier alpha value is -2.04. The molecule has 0 bridgehead atoms. The van der Waals surface area contributed by atoms with Gasteiger partial charge in [0.1, 0.15) is 11.9 Å². The van der Waals surface area contributed by atoms with Crippen molar-refractivity contribution in [2.24, 2.45) is 0 Å². The monoisotopic (exact) mass is 293 g/mol. The summed E-state index contributed by atoms with van der Waals surface area (Å²) in [5.41, 5.74) is 0.555. The fourth-order valence-electron chi connectivity index (χ4n) is 2.67. The lowest BCUT2D eigenvalue weighted by Crippen LogP contribution is -2.29. The predicted molar refractivity (Wildman–Crippen MR) is 73.0 cm³/mol. The molecule has 0 saturated carbocycles. The quantitative estimate of drug-likeness (QED) is 0.605. The molecule has 2 rings (SSSR count). The number of methoxy groups -OCH3 is 1. The van der Waals surface area contributed by atoms with Crippen LogP contribution in [0.4, 0.5) is 4.39 Å². The first-order valence-electron chi connectivity index (χ1n) is 6.61. The second-order valence-corrected chi connectivity index (χ2v) is 5.06. The van der Waals surface area contributed by atoms with Gasteiger partial charge in [-0.3, -0.25) is 15.0 Å². The van der Waals surface area contributed by atoms with Crippen LogP contribution in [0.1, 0.15) is 17.0 Å². The summed E-state index contributed by atoms with van der Waals surface area (Å²) >= 11 is 0. The molecule has 0 amide bonds. The van der Waals surface area contributed by atoms with Gasteiger partial charge in [-0.05, 0) is 17.7 Å². The average Bonchev–Trinajstić information content (AvgIpc) is 2.90. The normalized spacial score (nSPS) is 22.1. The smallest absolute Gasteiger partial charge is 0.233 e. The summed E-state index contributed by atoms with van der Waals surface area (Å²) in [4.78, 5) is 12.9. The van der Waals surface area contributed by atoms with Gasteiger partial charge in [-0.1, -0.05) is 6.07 Å². The van der Waals surface area contributed by atoms with Crippen molar-refractivity contribution >= 4 is 0 Å². The summed E-state index contributed by atoms with van der Waals surface area (Å²) in [5, 5.41) is 20.1. The maximum Gasteiger partial charge on any atom is 0.233 e. The molecule has 21 heavy (non-hydrogen) atoms. The molecule has 1 aromatic carbocycles. The second-order valence-electron chi connectivity index (χ2n) is 5.06. The Kier molecular flexibility index (Phi) is 4.83. The minimum absolute atomic E-state index is 0.0788. The highest BCUT2D eigenvalue weighted by Gasteiger charge is 2.41. The SMILES string of the molecule is COCCN1C[C@@H]([N+](=O)[O-])[C@H](c2ccc(F)c(C#N)c2)C1. The summed E-state index contributed by atoms with van der Waals surface area (Å²) in [5.74, 6) is -0.947. The minimum Gasteiger partial charge on any atom is -0.383 e. The van der Waals surface area contributed by atoms with Crippen molar-refractivity contribution in [1.29, 1.82) is 5.26 Å². The van der Waals surface area contributed by atoms with E-state index in [1.54, 1.807) is 13.2 Å². The van der Waals surface area contributed by atoms with E-state index >= 15 is 0 Å². The molecule has 0 spiro atoms. The largest absolute Gasteiger partial charge is 0.383 e. The third kappa shape index (κ3) is 3.35. The average molecular weight is 293 g/mol. The highest BCUT2D eigenvalue weighted by molar-refractivity contribution is 5.37. The topological polar surface area (TPSA) is 79.4 Å². The lowest BCUT2D eigenvalue weighted by atomic mass is 9.93. The van der Waals surface area contributed by atoms with Crippen LogP contribution in [0, 0.1) is 27.3 Å². The molecule has 0 aliphatic carbocycles. The number of ether oxygens (including phenoxy) is 1. The third-order valence-electron chi connectivity index (χ3n) is 3.79. The first-order chi connectivity index (χ1) is 10.1. The van der Waals surface area contributed by atoms with Crippen LogP contribution in [0.5, 0.6) is 0 Å². The minimum atomic E-state index is -0.751. The molecule has 1 aliphatic rings. The Labute approximate surface area is 121 Å². The van der Waals surface area contributed by atoms with E-state index in [0.29, 0.717) is 31.8 Å². The molecule has 0 N–H and O–H groups in total. The van der Waals surface area contributed by atoms with Gasteiger partial charge in [-0.2, -0.15) is 5.26 Å². The van der Waals surface area contributed by atoms with E-state index in [1.807, 2.05) is 4.90 Å². The maximum absolute atomic E-state index is 13.4. The molecule has 6 nitrogen and oxygen atoms in total. The van der Waals surface area contributed by atoms with Crippen molar-refractivity contribution in [2.75, 3.05) is 33.4 Å². The Bertz CT molecular complexity index is 573. The molecule has 1 fully saturated rings. The van der Waals surface area contributed by atoms with Crippen LogP contribution in [-0.4, -0.2) is 49.2 Å². The fraction of sp³-hybridized carbons (Fsp3) is 0.500. The predicted octanol–water partition coefficient (Wildman–Crippen LogP) is 1.39. The maximum atomic E-state index is 13.4. The Morgan fingerprint density at radius 2 is 2.33 bits per heavy atom. The van der Waals surface area contributed by atoms with Crippen LogP contribution in [0.3, 0.4) is 0 Å². The molecule has 1 aliphatic heterocycles. The van der Waals surface area contributed by atoms with E-state index in [4.69, 9.17) is 10.00 Å². The van der Waals surface area contributed by atoms with Crippen molar-refractivity contribution in [3.8, 4) is 6.07 Å². The van der Waals surface area contributed by atoms with E-state index in [0.717, 1.165) is 0 Å². The van der Waals surface area contributed by atoms with E-state index < -0.39 is 11.9 Å². The molecule has 1 heterocycles. The molecule has 0 aromatic heterocycles. The summed E-state index contributed by atoms with van der Waals surface area (Å²) in [6.45, 7) is 1.96. The Balaban J connectivity index is 2.23. The summed E-state index contributed by atoms with van der Waals surface area (Å²) < 4.78 is 18.4. The molecule has 1 saturated heterocycles. The molecule has 112 valence electrons. The molecular formula is C14H16FN3O3. The molecular weight excluding hydrogens is 277 g/mol. The van der Waals surface area contributed by atoms with Gasteiger partial charge in [0.05, 0.1) is 24.6 Å². The number of hydrogen-bond acceptors (Lipinski definition) is 5. The van der Waals surface area contributed by atoms with Crippen LogP contribution in [0.15, 0.2) is 18.2 Å². The number of nitrogens with zero attached hydrogens (tertiary/aromatic N) is 3. The molecule has 0 radical (unpaired) electrons. The van der Waals surface area contributed by atoms with Crippen molar-refractivity contribution in [3.05, 3.63) is 45.3 Å². The van der Waals surface area contributed by atoms with Gasteiger partial charge in [0.2, 0.25) is 6.04 Å². The van der Waals surface area contributed by atoms with Crippen LogP contribution in [0.2, 0.25) is 0 Å². The molecule has 2 atom stereocenters. The van der Waals surface area contributed by atoms with Crippen molar-refractivity contribution in [1.82, 2.24) is 4.90 Å². The number of hydrogen-bond donors (Lipinski definition) is 0. The van der Waals surface area contributed by atoms with Gasteiger partial charge < -0.3 is 4.74 Å². The number of rotatable bonds is 5. The fourth-order valence-corrected chi connectivity index (χ4v) is 2.67. The number of halogens is 1. The summed E-state index contributed by atoms with van der Waals surface area (Å²) in [7, 11) is 1.58. The van der Waals surface area contributed by atoms with E-state index in [2.05, 4.69) is 0 Å². The Morgan fingerprint density at radius 1 is 1.57 bits per heavy atom. The third-order valence-corrected chi connectivity index (χ3v) is 3.79. The summed E-state index contributed by atoms with van der Waals surface area (Å²) in [6, 6.07) is 5.15. The van der Waals surface area contributed by atoms with Gasteiger partial charge in [0.15, 0.2) is 0 Å². The zero-order valence-corrected chi connectivity index (χ0v) is 11.7. The van der Waals surface area contributed by atoms with Crippen molar-refractivity contribution in [2.45, 2.75) is 12.0 Å². The van der Waals surface area contributed by atoms with Crippen LogP contribution in [-0.2, 0) is 4.74 Å². The van der Waals surface area contributed by atoms with Crippen molar-refractivity contribution < 1.29 is 14.1 Å². The zero-order valence-electron chi connectivity index (χ0n) is 11.7. The number of nitriles is 1. The van der Waals surface area contributed by atoms with Crippen LogP contribution in [0.25, 0.3) is 0 Å². The first kappa shape index (κ1) is 15.4. The van der Waals surface area contributed by atoms with Crippen LogP contribution < -0.4 is 0 Å². The van der Waals surface area contributed by atoms with E-state index in [1.165, 1.54) is 18.2 Å². The molecule has 0 unspecified atom stereocenters. The lowest BCUT2D eigenvalue weighted by Gasteiger charge is -2.14. The zero-order chi connectivity index (χ0) is 15.4. The standard InChI is InChI=1S/C14H16FN3O3/c1-21-5-4-17-8-12(14(9-17)18(19)20)10-2-3-13(15)11(6-10)7-16/h2-3,6,12,14H,4-5,8-9H2,1H3/t12-,14+/m0/s1. The van der Waals surface area contributed by atoms with Crippen LogP contribution >= 0.6 is 0 Å². The van der Waals surface area contributed by atoms with E-state index in [-0.39, 0.29) is 16.4 Å². The molecule has 7 heteroatoms. The van der Waals surface area contributed by atoms with Gasteiger partial charge in [0.25, 0.3) is 0 Å². The van der Waals surface area contributed by atoms with Gasteiger partial charge in [0, 0.05) is 25.1 Å². The van der Waals surface area contributed by atoms with Crippen molar-refractivity contribution in [3.63, 3.8) is 0 Å². The van der Waals surface area contributed by atoms with Gasteiger partial charge in [-0.15, -0.1) is 0 Å². The number of nitro groups is 1. The highest BCUT2D eigenvalue weighted by Crippen LogP contribution is 2.30. The highest BCUT2D eigenvalue weighted by atomic mass is 19.1. The summed E-state index contributed by atoms with van der Waals surface area (Å²) in [6.07, 6.45) is 0. The lowest BCUT2D eigenvalue weighted by molar-refractivity contribution is -0.521. The van der Waals surface area contributed by atoms with Gasteiger partial charge in [-0.25, -0.2) is 4.39 Å². The number of benzene rings is 1. The Morgan fingerprint density at radius 3 is 2.95 bits per heavy atom. The van der Waals surface area contributed by atoms with E-state index in [9.17, 15) is 14.5 Å². The number of likely N-dealkylation sites (tertiary alicyclic amines) is 1. The molecule has 1 aromatic rings. The first-order valence-corrected chi connectivity index (χ1v) is 6.61.